The highest BCUT2D eigenvalue weighted by Gasteiger charge is 2.10. The molecule has 0 saturated carbocycles. The molecule has 9 heteroatoms. The Kier molecular flexibility index (Phi) is 4.93. The number of hydrogen-bond acceptors (Lipinski definition) is 5. The first-order valence-electron chi connectivity index (χ1n) is 4.67. The first-order valence-corrected chi connectivity index (χ1v) is 7.32. The molecule has 0 spiro atoms. The number of nitrogens with zero attached hydrogens (tertiary/aromatic N) is 2. The lowest BCUT2D eigenvalue weighted by atomic mass is 10.3. The van der Waals surface area contributed by atoms with Gasteiger partial charge < -0.3 is 5.32 Å². The number of aromatic nitrogens is 2. The molecule has 96 valence electrons. The average Bonchev–Trinajstić information content (AvgIpc) is 2.20. The van der Waals surface area contributed by atoms with Gasteiger partial charge in [-0.15, -0.1) is 0 Å². The molecule has 6 nitrogen and oxygen atoms in total. The molecular weight excluding hydrogens is 287 g/mol. The number of sulfonamides is 1. The van der Waals surface area contributed by atoms with E-state index in [0.29, 0.717) is 10.8 Å². The number of nitrogens with one attached hydrogen (secondary N) is 2. The molecule has 0 amide bonds. The monoisotopic (exact) mass is 298 g/mol. The number of rotatable bonds is 5. The topological polar surface area (TPSA) is 84.0 Å². The van der Waals surface area contributed by atoms with Crippen LogP contribution in [0.3, 0.4) is 0 Å². The maximum Gasteiger partial charge on any atom is 0.224 e. The summed E-state index contributed by atoms with van der Waals surface area (Å²) < 4.78 is 24.2. The van der Waals surface area contributed by atoms with Crippen molar-refractivity contribution in [3.63, 3.8) is 0 Å². The maximum atomic E-state index is 10.9. The van der Waals surface area contributed by atoms with Gasteiger partial charge >= 0.3 is 0 Å². The number of anilines is 1. The Morgan fingerprint density at radius 2 is 2.12 bits per heavy atom. The van der Waals surface area contributed by atoms with E-state index in [4.69, 9.17) is 23.2 Å². The zero-order valence-corrected chi connectivity index (χ0v) is 11.6. The van der Waals surface area contributed by atoms with Crippen molar-refractivity contribution in [3.8, 4) is 0 Å². The third-order valence-electron chi connectivity index (χ3n) is 1.75. The van der Waals surface area contributed by atoms with Crippen LogP contribution >= 0.6 is 23.2 Å². The van der Waals surface area contributed by atoms with E-state index in [1.165, 1.54) is 6.20 Å². The molecule has 0 aliphatic rings. The van der Waals surface area contributed by atoms with Crippen molar-refractivity contribution >= 4 is 39.0 Å². The molecule has 0 fully saturated rings. The van der Waals surface area contributed by atoms with E-state index in [1.54, 1.807) is 6.92 Å². The standard InChI is InChI=1S/C8H12Cl2N4O2S/c1-5(3-12-17(2,15)16)13-7-6(9)4-11-8(10)14-7/h4-5,12H,3H2,1-2H3,(H,11,13,14). The molecule has 0 bridgehead atoms. The molecule has 1 aromatic heterocycles. The summed E-state index contributed by atoms with van der Waals surface area (Å²) in [5.41, 5.74) is 0. The summed E-state index contributed by atoms with van der Waals surface area (Å²) in [6.45, 7) is 2.00. The van der Waals surface area contributed by atoms with Gasteiger partial charge in [0.05, 0.1) is 12.5 Å². The third-order valence-corrected chi connectivity index (χ3v) is 2.90. The molecule has 0 aliphatic heterocycles. The van der Waals surface area contributed by atoms with Gasteiger partial charge in [-0.2, -0.15) is 4.98 Å². The summed E-state index contributed by atoms with van der Waals surface area (Å²) in [6, 6.07) is -0.187. The first kappa shape index (κ1) is 14.4. The Morgan fingerprint density at radius 1 is 1.47 bits per heavy atom. The quantitative estimate of drug-likeness (QED) is 0.796. The van der Waals surface area contributed by atoms with Gasteiger partial charge in [0.15, 0.2) is 0 Å². The smallest absolute Gasteiger partial charge is 0.224 e. The molecule has 0 aromatic carbocycles. The van der Waals surface area contributed by atoms with Crippen molar-refractivity contribution in [2.75, 3.05) is 18.1 Å². The molecule has 0 saturated heterocycles. The highest BCUT2D eigenvalue weighted by atomic mass is 35.5. The molecule has 1 rings (SSSR count). The largest absolute Gasteiger partial charge is 0.365 e. The second-order valence-corrected chi connectivity index (χ2v) is 6.08. The van der Waals surface area contributed by atoms with Crippen LogP contribution in [0.2, 0.25) is 10.3 Å². The lowest BCUT2D eigenvalue weighted by molar-refractivity contribution is 0.583. The van der Waals surface area contributed by atoms with E-state index in [1.807, 2.05) is 0 Å². The van der Waals surface area contributed by atoms with Crippen LogP contribution in [0.15, 0.2) is 6.20 Å². The van der Waals surface area contributed by atoms with Crippen molar-refractivity contribution in [3.05, 3.63) is 16.5 Å². The number of hydrogen-bond donors (Lipinski definition) is 2. The van der Waals surface area contributed by atoms with Gasteiger partial charge in [0, 0.05) is 12.6 Å². The minimum atomic E-state index is -3.21. The van der Waals surface area contributed by atoms with E-state index in [0.717, 1.165) is 6.26 Å². The van der Waals surface area contributed by atoms with E-state index in [9.17, 15) is 8.42 Å². The van der Waals surface area contributed by atoms with Crippen LogP contribution in [0.25, 0.3) is 0 Å². The molecule has 0 radical (unpaired) electrons. The molecule has 1 unspecified atom stereocenters. The molecule has 1 aromatic rings. The highest BCUT2D eigenvalue weighted by Crippen LogP contribution is 2.19. The van der Waals surface area contributed by atoms with Crippen molar-refractivity contribution in [2.24, 2.45) is 0 Å². The minimum Gasteiger partial charge on any atom is -0.365 e. The normalized spacial score (nSPS) is 13.4. The van der Waals surface area contributed by atoms with Crippen LogP contribution in [0, 0.1) is 0 Å². The summed E-state index contributed by atoms with van der Waals surface area (Å²) in [7, 11) is -3.21. The fourth-order valence-electron chi connectivity index (χ4n) is 1.01. The Hall–Kier alpha value is -0.630. The van der Waals surface area contributed by atoms with Crippen LogP contribution in [-0.2, 0) is 10.0 Å². The minimum absolute atomic E-state index is 0.0696. The van der Waals surface area contributed by atoms with Crippen LogP contribution in [0.4, 0.5) is 5.82 Å². The second kappa shape index (κ2) is 5.81. The summed E-state index contributed by atoms with van der Waals surface area (Å²) in [4.78, 5) is 7.59. The van der Waals surface area contributed by atoms with Gasteiger partial charge in [0.25, 0.3) is 0 Å². The Bertz CT molecular complexity index is 494. The van der Waals surface area contributed by atoms with E-state index in [2.05, 4.69) is 20.0 Å². The molecular formula is C8H12Cl2N4O2S. The Morgan fingerprint density at radius 3 is 2.71 bits per heavy atom. The number of halogens is 2. The van der Waals surface area contributed by atoms with Gasteiger partial charge in [-0.25, -0.2) is 18.1 Å². The molecule has 0 aliphatic carbocycles. The molecule has 1 heterocycles. The van der Waals surface area contributed by atoms with Crippen molar-refractivity contribution in [2.45, 2.75) is 13.0 Å². The zero-order chi connectivity index (χ0) is 13.1. The summed E-state index contributed by atoms with van der Waals surface area (Å²) in [6.07, 6.45) is 2.46. The van der Waals surface area contributed by atoms with E-state index in [-0.39, 0.29) is 17.9 Å². The van der Waals surface area contributed by atoms with Crippen LogP contribution in [0.5, 0.6) is 0 Å². The van der Waals surface area contributed by atoms with Crippen molar-refractivity contribution in [1.82, 2.24) is 14.7 Å². The summed E-state index contributed by atoms with van der Waals surface area (Å²) in [5, 5.41) is 3.32. The molecule has 1 atom stereocenters. The van der Waals surface area contributed by atoms with Crippen LogP contribution in [0.1, 0.15) is 6.92 Å². The first-order chi connectivity index (χ1) is 7.78. The average molecular weight is 299 g/mol. The third kappa shape index (κ3) is 5.49. The predicted octanol–water partition coefficient (Wildman–Crippen LogP) is 1.13. The molecule has 17 heavy (non-hydrogen) atoms. The Balaban J connectivity index is 2.62. The predicted molar refractivity (Wildman–Crippen MR) is 68.0 cm³/mol. The SMILES string of the molecule is CC(CNS(C)(=O)=O)Nc1nc(Cl)ncc1Cl. The summed E-state index contributed by atoms with van der Waals surface area (Å²) >= 11 is 11.5. The van der Waals surface area contributed by atoms with Crippen LogP contribution < -0.4 is 10.0 Å². The van der Waals surface area contributed by atoms with E-state index >= 15 is 0 Å². The van der Waals surface area contributed by atoms with Crippen LogP contribution in [-0.4, -0.2) is 37.2 Å². The van der Waals surface area contributed by atoms with Crippen molar-refractivity contribution in [1.29, 1.82) is 0 Å². The maximum absolute atomic E-state index is 10.9. The highest BCUT2D eigenvalue weighted by molar-refractivity contribution is 7.88. The van der Waals surface area contributed by atoms with Crippen molar-refractivity contribution < 1.29 is 8.42 Å². The van der Waals surface area contributed by atoms with Gasteiger partial charge in [0.1, 0.15) is 10.8 Å². The Labute approximate surface area is 110 Å². The van der Waals surface area contributed by atoms with Gasteiger partial charge in [0.2, 0.25) is 15.3 Å². The van der Waals surface area contributed by atoms with Gasteiger partial charge in [-0.05, 0) is 18.5 Å². The lowest BCUT2D eigenvalue weighted by Gasteiger charge is -2.15. The van der Waals surface area contributed by atoms with Gasteiger partial charge in [-0.1, -0.05) is 11.6 Å². The fraction of sp³-hybridized carbons (Fsp3) is 0.500. The molecule has 2 N–H and O–H groups in total. The lowest BCUT2D eigenvalue weighted by Crippen LogP contribution is -2.34. The second-order valence-electron chi connectivity index (χ2n) is 3.50. The zero-order valence-electron chi connectivity index (χ0n) is 9.24. The van der Waals surface area contributed by atoms with E-state index < -0.39 is 10.0 Å². The fourth-order valence-corrected chi connectivity index (χ4v) is 1.84. The van der Waals surface area contributed by atoms with Gasteiger partial charge in [-0.3, -0.25) is 0 Å². The summed E-state index contributed by atoms with van der Waals surface area (Å²) in [5.74, 6) is 0.370.